The summed E-state index contributed by atoms with van der Waals surface area (Å²) in [5.74, 6) is 1.79. The van der Waals surface area contributed by atoms with E-state index in [2.05, 4.69) is 61.6 Å². The number of nitrogens with one attached hydrogen (secondary N) is 1. The summed E-state index contributed by atoms with van der Waals surface area (Å²) in [5.41, 5.74) is 4.33. The average molecular weight is 347 g/mol. The Morgan fingerprint density at radius 2 is 2.00 bits per heavy atom. The van der Waals surface area contributed by atoms with E-state index in [-0.39, 0.29) is 0 Å². The van der Waals surface area contributed by atoms with E-state index in [0.717, 1.165) is 41.6 Å². The number of ether oxygens (including phenoxy) is 1. The molecule has 0 saturated carbocycles. The number of hydrogen-bond acceptors (Lipinski definition) is 5. The van der Waals surface area contributed by atoms with Crippen LogP contribution in [-0.2, 0) is 6.54 Å². The van der Waals surface area contributed by atoms with Crippen molar-refractivity contribution in [1.29, 1.82) is 0 Å². The topological polar surface area (TPSA) is 56.8 Å². The third kappa shape index (κ3) is 3.13. The van der Waals surface area contributed by atoms with Gasteiger partial charge in [-0.1, -0.05) is 30.3 Å². The molecular weight excluding hydrogens is 326 g/mol. The first-order valence-corrected chi connectivity index (χ1v) is 8.53. The normalized spacial score (nSPS) is 13.8. The summed E-state index contributed by atoms with van der Waals surface area (Å²) < 4.78 is 5.61. The predicted molar refractivity (Wildman–Crippen MR) is 103 cm³/mol. The molecule has 132 valence electrons. The molecule has 2 aromatic carbocycles. The first-order valence-electron chi connectivity index (χ1n) is 8.53. The van der Waals surface area contributed by atoms with Gasteiger partial charge >= 0.3 is 0 Å². The number of H-pyrrole nitrogens is 1. The van der Waals surface area contributed by atoms with E-state index in [1.54, 1.807) is 13.3 Å². The van der Waals surface area contributed by atoms with E-state index in [9.17, 15) is 0 Å². The van der Waals surface area contributed by atoms with Crippen LogP contribution in [0.5, 0.6) is 5.75 Å². The number of aromatic amines is 1. The highest BCUT2D eigenvalue weighted by atomic mass is 16.5. The summed E-state index contributed by atoms with van der Waals surface area (Å²) in [7, 11) is 1.69. The summed E-state index contributed by atoms with van der Waals surface area (Å²) in [5, 5.41) is 13.6. The SMILES string of the molecule is COc1cc(N2CN(Cc3ccccc3)N=C2C)ccc1-c1cn[nH]c1. The molecular formula is C20H21N5O. The molecule has 1 aliphatic rings. The van der Waals surface area contributed by atoms with Crippen LogP contribution in [0.25, 0.3) is 11.1 Å². The molecule has 4 rings (SSSR count). The van der Waals surface area contributed by atoms with Gasteiger partial charge in [0.2, 0.25) is 0 Å². The van der Waals surface area contributed by atoms with Crippen LogP contribution in [0.15, 0.2) is 66.0 Å². The van der Waals surface area contributed by atoms with Crippen LogP contribution in [0, 0.1) is 0 Å². The highest BCUT2D eigenvalue weighted by Gasteiger charge is 2.22. The molecule has 0 amide bonds. The van der Waals surface area contributed by atoms with Gasteiger partial charge in [-0.2, -0.15) is 10.2 Å². The van der Waals surface area contributed by atoms with Crippen molar-refractivity contribution in [2.24, 2.45) is 5.10 Å². The quantitative estimate of drug-likeness (QED) is 0.765. The van der Waals surface area contributed by atoms with E-state index >= 15 is 0 Å². The minimum absolute atomic E-state index is 0.717. The molecule has 6 heteroatoms. The van der Waals surface area contributed by atoms with Gasteiger partial charge in [-0.3, -0.25) is 10.1 Å². The number of aromatic nitrogens is 2. The predicted octanol–water partition coefficient (Wildman–Crippen LogP) is 3.70. The number of amidine groups is 1. The van der Waals surface area contributed by atoms with Gasteiger partial charge in [0.05, 0.1) is 19.9 Å². The van der Waals surface area contributed by atoms with Crippen LogP contribution in [0.2, 0.25) is 0 Å². The van der Waals surface area contributed by atoms with Crippen LogP contribution >= 0.6 is 0 Å². The van der Waals surface area contributed by atoms with Crippen molar-refractivity contribution in [3.05, 3.63) is 66.5 Å². The molecule has 1 N–H and O–H groups in total. The molecule has 0 bridgehead atoms. The first-order chi connectivity index (χ1) is 12.7. The lowest BCUT2D eigenvalue weighted by atomic mass is 10.1. The van der Waals surface area contributed by atoms with Gasteiger partial charge in [0.1, 0.15) is 18.3 Å². The third-order valence-corrected chi connectivity index (χ3v) is 4.50. The second-order valence-corrected chi connectivity index (χ2v) is 6.24. The highest BCUT2D eigenvalue weighted by Crippen LogP contribution is 2.34. The first kappa shape index (κ1) is 16.2. The summed E-state index contributed by atoms with van der Waals surface area (Å²) in [4.78, 5) is 2.19. The summed E-state index contributed by atoms with van der Waals surface area (Å²) in [6.45, 7) is 3.54. The number of nitrogens with zero attached hydrogens (tertiary/aromatic N) is 4. The van der Waals surface area contributed by atoms with Crippen molar-refractivity contribution in [2.45, 2.75) is 13.5 Å². The lowest BCUT2D eigenvalue weighted by molar-refractivity contribution is 0.310. The molecule has 26 heavy (non-hydrogen) atoms. The van der Waals surface area contributed by atoms with E-state index in [4.69, 9.17) is 4.74 Å². The molecule has 1 aliphatic heterocycles. The van der Waals surface area contributed by atoms with Crippen molar-refractivity contribution >= 4 is 11.5 Å². The monoisotopic (exact) mass is 347 g/mol. The molecule has 3 aromatic rings. The summed E-state index contributed by atoms with van der Waals surface area (Å²) in [6, 6.07) is 16.6. The van der Waals surface area contributed by atoms with Crippen LogP contribution in [0.1, 0.15) is 12.5 Å². The maximum Gasteiger partial charge on any atom is 0.128 e. The molecule has 0 aliphatic carbocycles. The molecule has 0 unspecified atom stereocenters. The fourth-order valence-electron chi connectivity index (χ4n) is 3.19. The van der Waals surface area contributed by atoms with Gasteiger partial charge in [-0.15, -0.1) is 0 Å². The Balaban J connectivity index is 1.55. The molecule has 0 atom stereocenters. The molecule has 0 spiro atoms. The Bertz CT molecular complexity index is 905. The Labute approximate surface area is 152 Å². The maximum atomic E-state index is 5.61. The van der Waals surface area contributed by atoms with Gasteiger partial charge in [-0.05, 0) is 24.6 Å². The number of hydrogen-bond donors (Lipinski definition) is 1. The van der Waals surface area contributed by atoms with Crippen LogP contribution in [-0.4, -0.2) is 34.8 Å². The zero-order chi connectivity index (χ0) is 17.9. The van der Waals surface area contributed by atoms with Crippen LogP contribution < -0.4 is 9.64 Å². The standard InChI is InChI=1S/C20H21N5O/c1-15-23-24(13-16-6-4-3-5-7-16)14-25(15)18-8-9-19(20(10-18)26-2)17-11-21-22-12-17/h3-12H,13-14H2,1-2H3,(H,21,22). The van der Waals surface area contributed by atoms with E-state index in [0.29, 0.717) is 0 Å². The number of methoxy groups -OCH3 is 1. The Hall–Kier alpha value is -3.28. The molecule has 2 heterocycles. The molecule has 6 nitrogen and oxygen atoms in total. The zero-order valence-electron chi connectivity index (χ0n) is 14.9. The molecule has 0 radical (unpaired) electrons. The van der Waals surface area contributed by atoms with Crippen molar-refractivity contribution in [3.8, 4) is 16.9 Å². The van der Waals surface area contributed by atoms with Crippen molar-refractivity contribution in [3.63, 3.8) is 0 Å². The average Bonchev–Trinajstić information content (AvgIpc) is 3.32. The fourth-order valence-corrected chi connectivity index (χ4v) is 3.19. The third-order valence-electron chi connectivity index (χ3n) is 4.50. The van der Waals surface area contributed by atoms with Gasteiger partial charge in [0.25, 0.3) is 0 Å². The number of benzene rings is 2. The number of hydrazone groups is 1. The summed E-state index contributed by atoms with van der Waals surface area (Å²) >= 11 is 0. The van der Waals surface area contributed by atoms with Gasteiger partial charge in [0, 0.05) is 29.1 Å². The highest BCUT2D eigenvalue weighted by molar-refractivity contribution is 5.97. The smallest absolute Gasteiger partial charge is 0.128 e. The summed E-state index contributed by atoms with van der Waals surface area (Å²) in [6.07, 6.45) is 3.66. The minimum Gasteiger partial charge on any atom is -0.496 e. The van der Waals surface area contributed by atoms with Gasteiger partial charge < -0.3 is 9.64 Å². The van der Waals surface area contributed by atoms with Gasteiger partial charge in [0.15, 0.2) is 0 Å². The molecule has 0 saturated heterocycles. The number of rotatable bonds is 5. The van der Waals surface area contributed by atoms with E-state index in [1.807, 2.05) is 25.3 Å². The van der Waals surface area contributed by atoms with Crippen LogP contribution in [0.4, 0.5) is 5.69 Å². The van der Waals surface area contributed by atoms with Crippen molar-refractivity contribution < 1.29 is 4.74 Å². The molecule has 1 aromatic heterocycles. The lowest BCUT2D eigenvalue weighted by Crippen LogP contribution is -2.29. The van der Waals surface area contributed by atoms with Gasteiger partial charge in [-0.25, -0.2) is 0 Å². The lowest BCUT2D eigenvalue weighted by Gasteiger charge is -2.21. The Kier molecular flexibility index (Phi) is 4.31. The Morgan fingerprint density at radius 3 is 2.73 bits per heavy atom. The van der Waals surface area contributed by atoms with E-state index < -0.39 is 0 Å². The second kappa shape index (κ2) is 6.92. The number of anilines is 1. The van der Waals surface area contributed by atoms with E-state index in [1.165, 1.54) is 5.56 Å². The Morgan fingerprint density at radius 1 is 1.15 bits per heavy atom. The maximum absolute atomic E-state index is 5.61. The second-order valence-electron chi connectivity index (χ2n) is 6.24. The largest absolute Gasteiger partial charge is 0.496 e. The van der Waals surface area contributed by atoms with Crippen molar-refractivity contribution in [2.75, 3.05) is 18.7 Å². The fraction of sp³-hybridized carbons (Fsp3) is 0.200. The molecule has 0 fully saturated rings. The zero-order valence-corrected chi connectivity index (χ0v) is 14.9. The van der Waals surface area contributed by atoms with Crippen LogP contribution in [0.3, 0.4) is 0 Å². The minimum atomic E-state index is 0.717. The van der Waals surface area contributed by atoms with Crippen molar-refractivity contribution in [1.82, 2.24) is 15.2 Å².